The van der Waals surface area contributed by atoms with Gasteiger partial charge in [0.05, 0.1) is 25.1 Å². The van der Waals surface area contributed by atoms with Crippen LogP contribution in [0.3, 0.4) is 0 Å². The number of aryl methyl sites for hydroxylation is 2. The molecule has 3 aromatic heterocycles. The van der Waals surface area contributed by atoms with Crippen LogP contribution in [0.1, 0.15) is 61.9 Å². The van der Waals surface area contributed by atoms with E-state index in [2.05, 4.69) is 15.4 Å². The molecule has 0 atom stereocenters. The summed E-state index contributed by atoms with van der Waals surface area (Å²) in [6.45, 7) is 6.43. The maximum atomic E-state index is 13.3. The lowest BCUT2D eigenvalue weighted by Gasteiger charge is -2.17. The van der Waals surface area contributed by atoms with Gasteiger partial charge < -0.3 is 14.8 Å². The molecule has 0 aliphatic rings. The van der Waals surface area contributed by atoms with Crippen molar-refractivity contribution in [2.45, 2.75) is 59.4 Å². The second kappa shape index (κ2) is 13.5. The fourth-order valence-electron chi connectivity index (χ4n) is 3.63. The molecule has 0 aliphatic heterocycles. The molecule has 0 unspecified atom stereocenters. The first-order chi connectivity index (χ1) is 17.5. The number of thiophene rings is 1. The summed E-state index contributed by atoms with van der Waals surface area (Å²) in [6.07, 6.45) is 6.67. The number of aromatic nitrogens is 3. The minimum absolute atomic E-state index is 0.105. The predicted octanol–water partition coefficient (Wildman–Crippen LogP) is 5.11. The second-order valence-electron chi connectivity index (χ2n) is 8.15. The molecule has 3 rings (SSSR count). The largest absolute Gasteiger partial charge is 0.466 e. The Balaban J connectivity index is 1.81. The van der Waals surface area contributed by atoms with Crippen molar-refractivity contribution in [2.24, 2.45) is 0 Å². The molecule has 0 spiro atoms. The third-order valence-corrected chi connectivity index (χ3v) is 6.25. The molecule has 0 fully saturated rings. The van der Waals surface area contributed by atoms with Crippen molar-refractivity contribution >= 4 is 34.7 Å². The Morgan fingerprint density at radius 1 is 1.11 bits per heavy atom. The van der Waals surface area contributed by atoms with E-state index in [1.165, 1.54) is 16.0 Å². The molecule has 0 saturated carbocycles. The number of anilines is 2. The summed E-state index contributed by atoms with van der Waals surface area (Å²) < 4.78 is 11.9. The van der Waals surface area contributed by atoms with Crippen molar-refractivity contribution < 1.29 is 19.1 Å². The monoisotopic (exact) mass is 512 g/mol. The highest BCUT2D eigenvalue weighted by Crippen LogP contribution is 2.30. The second-order valence-corrected chi connectivity index (χ2v) is 8.93. The number of nitrogens with zero attached hydrogens (tertiary/aromatic N) is 3. The van der Waals surface area contributed by atoms with E-state index < -0.39 is 11.5 Å². The number of pyridine rings is 1. The van der Waals surface area contributed by atoms with Gasteiger partial charge in [-0.1, -0.05) is 12.8 Å². The van der Waals surface area contributed by atoms with Gasteiger partial charge in [-0.2, -0.15) is 16.4 Å². The Morgan fingerprint density at radius 3 is 2.61 bits per heavy atom. The first-order valence-electron chi connectivity index (χ1n) is 12.1. The van der Waals surface area contributed by atoms with E-state index in [-0.39, 0.29) is 23.8 Å². The van der Waals surface area contributed by atoms with Gasteiger partial charge in [0.1, 0.15) is 16.9 Å². The summed E-state index contributed by atoms with van der Waals surface area (Å²) in [6, 6.07) is 3.68. The average molecular weight is 513 g/mol. The molecule has 0 radical (unpaired) electrons. The van der Waals surface area contributed by atoms with Crippen LogP contribution in [0.15, 0.2) is 40.1 Å². The summed E-state index contributed by atoms with van der Waals surface area (Å²) in [5.74, 6) is -0.803. The van der Waals surface area contributed by atoms with Crippen LogP contribution in [0.5, 0.6) is 0 Å². The third-order valence-electron chi connectivity index (χ3n) is 5.57. The molecule has 10 heteroatoms. The quantitative estimate of drug-likeness (QED) is 0.248. The van der Waals surface area contributed by atoms with Crippen LogP contribution in [-0.4, -0.2) is 39.9 Å². The predicted molar refractivity (Wildman–Crippen MR) is 140 cm³/mol. The van der Waals surface area contributed by atoms with Crippen LogP contribution < -0.4 is 10.9 Å². The van der Waals surface area contributed by atoms with Gasteiger partial charge in [-0.15, -0.1) is 0 Å². The molecule has 9 nitrogen and oxygen atoms in total. The summed E-state index contributed by atoms with van der Waals surface area (Å²) >= 11 is 1.48. The van der Waals surface area contributed by atoms with E-state index in [0.717, 1.165) is 30.4 Å². The molecular formula is C26H32N4O5S. The van der Waals surface area contributed by atoms with Crippen molar-refractivity contribution in [1.29, 1.82) is 0 Å². The highest BCUT2D eigenvalue weighted by atomic mass is 32.1. The lowest BCUT2D eigenvalue weighted by atomic mass is 10.1. The lowest BCUT2D eigenvalue weighted by molar-refractivity contribution is -0.143. The first-order valence-corrected chi connectivity index (χ1v) is 13.1. The molecule has 3 heterocycles. The third kappa shape index (κ3) is 7.00. The molecule has 0 aliphatic carbocycles. The number of ether oxygens (including phenoxy) is 2. The van der Waals surface area contributed by atoms with Crippen LogP contribution in [0, 0.1) is 6.92 Å². The maximum absolute atomic E-state index is 13.3. The molecule has 0 aromatic carbocycles. The number of hydrogen-bond donors (Lipinski definition) is 1. The van der Waals surface area contributed by atoms with Gasteiger partial charge in [-0.3, -0.25) is 14.6 Å². The number of rotatable bonds is 13. The van der Waals surface area contributed by atoms with E-state index in [0.29, 0.717) is 37.4 Å². The number of carbonyl (C=O) groups excluding carboxylic acids is 2. The highest BCUT2D eigenvalue weighted by molar-refractivity contribution is 7.08. The Morgan fingerprint density at radius 2 is 1.92 bits per heavy atom. The molecule has 0 bridgehead atoms. The lowest BCUT2D eigenvalue weighted by Crippen LogP contribution is -2.29. The topological polar surface area (TPSA) is 112 Å². The van der Waals surface area contributed by atoms with Crippen molar-refractivity contribution in [1.82, 2.24) is 14.8 Å². The summed E-state index contributed by atoms with van der Waals surface area (Å²) in [5, 5.41) is 11.4. The Labute approximate surface area is 214 Å². The number of hydrogen-bond acceptors (Lipinski definition) is 9. The Bertz CT molecular complexity index is 1220. The number of esters is 2. The van der Waals surface area contributed by atoms with Crippen molar-refractivity contribution in [3.05, 3.63) is 56.8 Å². The van der Waals surface area contributed by atoms with Crippen LogP contribution in [0.4, 0.5) is 11.4 Å². The average Bonchev–Trinajstić information content (AvgIpc) is 3.40. The van der Waals surface area contributed by atoms with Gasteiger partial charge in [-0.25, -0.2) is 9.48 Å². The van der Waals surface area contributed by atoms with E-state index in [1.54, 1.807) is 19.3 Å². The maximum Gasteiger partial charge on any atom is 0.342 e. The number of carbonyl (C=O) groups is 2. The molecule has 1 N–H and O–H groups in total. The van der Waals surface area contributed by atoms with Crippen LogP contribution in [0.25, 0.3) is 11.3 Å². The van der Waals surface area contributed by atoms with Gasteiger partial charge in [-0.05, 0) is 56.7 Å². The molecular weight excluding hydrogens is 480 g/mol. The van der Waals surface area contributed by atoms with E-state index >= 15 is 0 Å². The first kappa shape index (κ1) is 27.1. The van der Waals surface area contributed by atoms with Crippen molar-refractivity contribution in [3.8, 4) is 11.3 Å². The summed E-state index contributed by atoms with van der Waals surface area (Å²) in [4.78, 5) is 42.2. The van der Waals surface area contributed by atoms with Gasteiger partial charge in [0.15, 0.2) is 0 Å². The minimum Gasteiger partial charge on any atom is -0.466 e. The zero-order chi connectivity index (χ0) is 25.9. The molecule has 0 saturated heterocycles. The zero-order valence-electron chi connectivity index (χ0n) is 20.9. The van der Waals surface area contributed by atoms with E-state index in [9.17, 15) is 14.4 Å². The fourth-order valence-corrected chi connectivity index (χ4v) is 4.27. The van der Waals surface area contributed by atoms with Crippen molar-refractivity contribution in [3.63, 3.8) is 0 Å². The zero-order valence-corrected chi connectivity index (χ0v) is 21.7. The Kier molecular flexibility index (Phi) is 10.2. The SMILES string of the molecule is CCOC(=O)CCCCCCOC(=O)c1c(-c2ccsc2)nn(CC)c(=O)c1Nc1cnccc1C. The van der Waals surface area contributed by atoms with Crippen LogP contribution >= 0.6 is 11.3 Å². The highest BCUT2D eigenvalue weighted by Gasteiger charge is 2.26. The molecule has 192 valence electrons. The van der Waals surface area contributed by atoms with Gasteiger partial charge >= 0.3 is 11.9 Å². The number of unbranched alkanes of at least 4 members (excludes halogenated alkanes) is 3. The summed E-state index contributed by atoms with van der Waals surface area (Å²) in [7, 11) is 0. The molecule has 0 amide bonds. The van der Waals surface area contributed by atoms with Crippen LogP contribution in [0.2, 0.25) is 0 Å². The fraction of sp³-hybridized carbons (Fsp3) is 0.423. The Hall–Kier alpha value is -3.53. The van der Waals surface area contributed by atoms with E-state index in [1.807, 2.05) is 36.7 Å². The normalized spacial score (nSPS) is 10.8. The standard InChI is InChI=1S/C26H32N4O5S/c1-4-30-25(32)24(28-20-16-27-13-11-18(20)3)22(23(29-30)19-12-15-36-17-19)26(33)35-14-9-7-6-8-10-21(31)34-5-2/h11-13,15-17,28H,4-10,14H2,1-3H3. The van der Waals surface area contributed by atoms with Gasteiger partial charge in [0, 0.05) is 30.1 Å². The summed E-state index contributed by atoms with van der Waals surface area (Å²) in [5.41, 5.74) is 2.43. The minimum atomic E-state index is -0.611. The van der Waals surface area contributed by atoms with Crippen LogP contribution in [-0.2, 0) is 20.8 Å². The van der Waals surface area contributed by atoms with E-state index in [4.69, 9.17) is 9.47 Å². The van der Waals surface area contributed by atoms with Gasteiger partial charge in [0.2, 0.25) is 0 Å². The molecule has 3 aromatic rings. The smallest absolute Gasteiger partial charge is 0.342 e. The van der Waals surface area contributed by atoms with Gasteiger partial charge in [0.25, 0.3) is 5.56 Å². The molecule has 36 heavy (non-hydrogen) atoms. The van der Waals surface area contributed by atoms with Crippen molar-refractivity contribution in [2.75, 3.05) is 18.5 Å². The number of nitrogens with one attached hydrogen (secondary N) is 1.